The first kappa shape index (κ1) is 18.1. The number of ether oxygens (including phenoxy) is 1. The molecule has 0 unspecified atom stereocenters. The first-order valence-electron chi connectivity index (χ1n) is 8.83. The van der Waals surface area contributed by atoms with Gasteiger partial charge in [-0.05, 0) is 39.3 Å². The summed E-state index contributed by atoms with van der Waals surface area (Å²) in [6.45, 7) is 7.16. The number of fused-ring (bicyclic) bond motifs is 3. The molecule has 0 bridgehead atoms. The molecule has 1 N–H and O–H groups in total. The number of nitrogens with zero attached hydrogens (tertiary/aromatic N) is 3. The van der Waals surface area contributed by atoms with E-state index in [1.165, 1.54) is 6.07 Å². The van der Waals surface area contributed by atoms with Gasteiger partial charge >= 0.3 is 0 Å². The van der Waals surface area contributed by atoms with Gasteiger partial charge < -0.3 is 10.1 Å². The van der Waals surface area contributed by atoms with Crippen LogP contribution in [0.1, 0.15) is 26.0 Å². The number of amides is 1. The van der Waals surface area contributed by atoms with E-state index in [9.17, 15) is 9.59 Å². The Morgan fingerprint density at radius 3 is 2.85 bits per heavy atom. The maximum absolute atomic E-state index is 12.4. The first-order valence-corrected chi connectivity index (χ1v) is 8.83. The molecule has 3 rings (SSSR count). The molecular weight excluding hydrogens is 332 g/mol. The van der Waals surface area contributed by atoms with Crippen LogP contribution in [0.15, 0.2) is 35.1 Å². The standard InChI is InChI=1S/C19H24N4O3/c1-13(2)26-10-6-9-20-18(25)12-22-16-8-5-4-7-15(16)19-21-17(24)11-14(3)23(19)22/h4-5,7-8,11,13H,6,9-10,12H2,1-3H3,(H,20,25). The number of benzene rings is 1. The number of hydrogen-bond donors (Lipinski definition) is 1. The Bertz CT molecular complexity index is 988. The van der Waals surface area contributed by atoms with Gasteiger partial charge in [-0.2, -0.15) is 4.98 Å². The molecule has 0 aliphatic rings. The van der Waals surface area contributed by atoms with Gasteiger partial charge in [0.15, 0.2) is 5.65 Å². The summed E-state index contributed by atoms with van der Waals surface area (Å²) in [5.74, 6) is -0.0877. The van der Waals surface area contributed by atoms with Crippen molar-refractivity contribution in [1.29, 1.82) is 0 Å². The molecule has 0 fully saturated rings. The highest BCUT2D eigenvalue weighted by molar-refractivity contribution is 5.93. The summed E-state index contributed by atoms with van der Waals surface area (Å²) < 4.78 is 9.15. The minimum Gasteiger partial charge on any atom is -0.379 e. The van der Waals surface area contributed by atoms with Crippen molar-refractivity contribution in [2.45, 2.75) is 39.8 Å². The molecule has 0 atom stereocenters. The highest BCUT2D eigenvalue weighted by atomic mass is 16.5. The third-order valence-corrected chi connectivity index (χ3v) is 4.14. The normalized spacial score (nSPS) is 11.5. The Hall–Kier alpha value is -2.67. The van der Waals surface area contributed by atoms with Crippen molar-refractivity contribution >= 4 is 22.5 Å². The zero-order chi connectivity index (χ0) is 18.7. The average Bonchev–Trinajstić information content (AvgIpc) is 2.89. The van der Waals surface area contributed by atoms with Gasteiger partial charge in [-0.3, -0.25) is 14.3 Å². The fraction of sp³-hybridized carbons (Fsp3) is 0.421. The molecule has 0 saturated carbocycles. The third kappa shape index (κ3) is 3.77. The predicted molar refractivity (Wildman–Crippen MR) is 100 cm³/mol. The average molecular weight is 356 g/mol. The molecular formula is C19H24N4O3. The molecule has 7 heteroatoms. The minimum atomic E-state index is -0.278. The van der Waals surface area contributed by atoms with Crippen LogP contribution in [0.4, 0.5) is 0 Å². The molecule has 2 heterocycles. The highest BCUT2D eigenvalue weighted by Gasteiger charge is 2.15. The lowest BCUT2D eigenvalue weighted by Crippen LogP contribution is -2.30. The molecule has 26 heavy (non-hydrogen) atoms. The van der Waals surface area contributed by atoms with Gasteiger partial charge in [-0.1, -0.05) is 12.1 Å². The number of aromatic nitrogens is 3. The maximum atomic E-state index is 12.4. The zero-order valence-corrected chi connectivity index (χ0v) is 15.4. The number of para-hydroxylation sites is 1. The molecule has 138 valence electrons. The molecule has 0 spiro atoms. The Kier molecular flexibility index (Phi) is 5.37. The van der Waals surface area contributed by atoms with Crippen molar-refractivity contribution in [2.75, 3.05) is 13.2 Å². The minimum absolute atomic E-state index is 0.0877. The Balaban J connectivity index is 1.83. The molecule has 0 aliphatic carbocycles. The fourth-order valence-electron chi connectivity index (χ4n) is 3.03. The summed E-state index contributed by atoms with van der Waals surface area (Å²) in [6, 6.07) is 9.12. The molecule has 1 aromatic carbocycles. The summed E-state index contributed by atoms with van der Waals surface area (Å²) in [5, 5.41) is 3.77. The molecule has 2 aromatic heterocycles. The summed E-state index contributed by atoms with van der Waals surface area (Å²) >= 11 is 0. The monoisotopic (exact) mass is 356 g/mol. The Labute approximate surface area is 151 Å². The third-order valence-electron chi connectivity index (χ3n) is 4.14. The van der Waals surface area contributed by atoms with Crippen LogP contribution in [0.25, 0.3) is 16.6 Å². The van der Waals surface area contributed by atoms with Gasteiger partial charge in [-0.15, -0.1) is 0 Å². The van der Waals surface area contributed by atoms with Crippen molar-refractivity contribution < 1.29 is 9.53 Å². The van der Waals surface area contributed by atoms with E-state index in [1.54, 1.807) is 0 Å². The van der Waals surface area contributed by atoms with Crippen molar-refractivity contribution in [3.63, 3.8) is 0 Å². The lowest BCUT2D eigenvalue weighted by Gasteiger charge is -2.11. The highest BCUT2D eigenvalue weighted by Crippen LogP contribution is 2.21. The SMILES string of the molecule is Cc1cc(=O)nc2c3ccccc3n(CC(=O)NCCCOC(C)C)n12. The van der Waals surface area contributed by atoms with Crippen molar-refractivity contribution in [3.8, 4) is 0 Å². The summed E-state index contributed by atoms with van der Waals surface area (Å²) in [6.07, 6.45) is 0.964. The van der Waals surface area contributed by atoms with Gasteiger partial charge in [0.05, 0.1) is 11.6 Å². The van der Waals surface area contributed by atoms with E-state index >= 15 is 0 Å². The van der Waals surface area contributed by atoms with Crippen LogP contribution in [-0.2, 0) is 16.1 Å². The van der Waals surface area contributed by atoms with Crippen LogP contribution in [0.5, 0.6) is 0 Å². The Morgan fingerprint density at radius 1 is 1.31 bits per heavy atom. The van der Waals surface area contributed by atoms with E-state index in [-0.39, 0.29) is 24.1 Å². The molecule has 0 radical (unpaired) electrons. The van der Waals surface area contributed by atoms with E-state index < -0.39 is 0 Å². The van der Waals surface area contributed by atoms with Crippen LogP contribution in [0, 0.1) is 6.92 Å². The lowest BCUT2D eigenvalue weighted by atomic mass is 10.2. The molecule has 7 nitrogen and oxygen atoms in total. The van der Waals surface area contributed by atoms with E-state index in [1.807, 2.05) is 54.2 Å². The van der Waals surface area contributed by atoms with E-state index in [2.05, 4.69) is 10.3 Å². The van der Waals surface area contributed by atoms with Gasteiger partial charge in [0.2, 0.25) is 5.91 Å². The molecule has 1 amide bonds. The number of carbonyl (C=O) groups is 1. The molecule has 0 aliphatic heterocycles. The number of carbonyl (C=O) groups excluding carboxylic acids is 1. The quantitative estimate of drug-likeness (QED) is 0.656. The second kappa shape index (κ2) is 7.70. The van der Waals surface area contributed by atoms with Crippen LogP contribution in [-0.4, -0.2) is 39.3 Å². The van der Waals surface area contributed by atoms with Crippen LogP contribution in [0.2, 0.25) is 0 Å². The Morgan fingerprint density at radius 2 is 2.08 bits per heavy atom. The largest absolute Gasteiger partial charge is 0.379 e. The van der Waals surface area contributed by atoms with Crippen LogP contribution in [0.3, 0.4) is 0 Å². The van der Waals surface area contributed by atoms with Crippen molar-refractivity contribution in [3.05, 3.63) is 46.4 Å². The van der Waals surface area contributed by atoms with Gasteiger partial charge in [0.1, 0.15) is 6.54 Å². The van der Waals surface area contributed by atoms with Crippen LogP contribution < -0.4 is 10.9 Å². The second-order valence-corrected chi connectivity index (χ2v) is 6.57. The van der Waals surface area contributed by atoms with Crippen molar-refractivity contribution in [2.24, 2.45) is 0 Å². The first-order chi connectivity index (χ1) is 12.5. The van der Waals surface area contributed by atoms with Gasteiger partial charge in [0, 0.05) is 30.3 Å². The van der Waals surface area contributed by atoms with Gasteiger partial charge in [-0.25, -0.2) is 4.52 Å². The molecule has 3 aromatic rings. The van der Waals surface area contributed by atoms with Gasteiger partial charge in [0.25, 0.3) is 5.56 Å². The lowest BCUT2D eigenvalue weighted by molar-refractivity contribution is -0.121. The zero-order valence-electron chi connectivity index (χ0n) is 15.4. The maximum Gasteiger partial charge on any atom is 0.273 e. The summed E-state index contributed by atoms with van der Waals surface area (Å²) in [5.41, 5.74) is 1.91. The number of nitrogens with one attached hydrogen (secondary N) is 1. The molecule has 0 saturated heterocycles. The van der Waals surface area contributed by atoms with Crippen LogP contribution >= 0.6 is 0 Å². The fourth-order valence-corrected chi connectivity index (χ4v) is 3.03. The summed E-state index contributed by atoms with van der Waals surface area (Å²) in [4.78, 5) is 28.3. The smallest absolute Gasteiger partial charge is 0.273 e. The summed E-state index contributed by atoms with van der Waals surface area (Å²) in [7, 11) is 0. The number of hydrogen-bond acceptors (Lipinski definition) is 4. The predicted octanol–water partition coefficient (Wildman–Crippen LogP) is 1.89. The number of rotatable bonds is 7. The topological polar surface area (TPSA) is 77.6 Å². The van der Waals surface area contributed by atoms with Crippen molar-refractivity contribution in [1.82, 2.24) is 19.5 Å². The van der Waals surface area contributed by atoms with E-state index in [0.717, 1.165) is 23.0 Å². The number of aryl methyl sites for hydroxylation is 1. The van der Waals surface area contributed by atoms with E-state index in [0.29, 0.717) is 18.8 Å². The van der Waals surface area contributed by atoms with E-state index in [4.69, 9.17) is 4.74 Å². The second-order valence-electron chi connectivity index (χ2n) is 6.57.